The van der Waals surface area contributed by atoms with Gasteiger partial charge >= 0.3 is 90.4 Å². The third-order valence-electron chi connectivity index (χ3n) is 1.51. The second-order valence-electron chi connectivity index (χ2n) is 4.37. The average molecular weight is 431 g/mol. The maximum absolute atomic E-state index is 10.7. The van der Waals surface area contributed by atoms with Gasteiger partial charge in [-0.25, -0.2) is 0 Å². The Hall–Kier alpha value is 0.00351. The van der Waals surface area contributed by atoms with E-state index in [1.54, 1.807) is 0 Å². The molecule has 0 amide bonds. The summed E-state index contributed by atoms with van der Waals surface area (Å²) in [4.78, 5) is 11.0. The van der Waals surface area contributed by atoms with E-state index in [0.717, 1.165) is 19.1 Å². The van der Waals surface area contributed by atoms with Crippen molar-refractivity contribution < 1.29 is 45.0 Å². The number of nitrogens with zero attached hydrogens (tertiary/aromatic N) is 1. The monoisotopic (exact) mass is 430 g/mol. The second-order valence-corrected chi connectivity index (χ2v) is 6.54. The van der Waals surface area contributed by atoms with Gasteiger partial charge in [0.2, 0.25) is 0 Å². The molecule has 0 aromatic heterocycles. The fourth-order valence-electron chi connectivity index (χ4n) is 1.00. The van der Waals surface area contributed by atoms with Crippen LogP contribution in [0.15, 0.2) is 0 Å². The Bertz CT molecular complexity index is 278. The van der Waals surface area contributed by atoms with Gasteiger partial charge in [-0.05, 0) is 6.92 Å². The van der Waals surface area contributed by atoms with Crippen LogP contribution < -0.4 is 0 Å². The molecular formula is C14H29F6NNiOP-3. The standard InChI is InChI=1S/C6H11N.2C3H7.C2H4O.F6P.Ni/c1-7-5-3-2-4-6-7;2*1-3-2;1-2-3;1-7(2,3,4,5)6;/h1H,2-6H2;2*1,3H2,2H3;2H,1H3;;/q;2*-1;;-1;. The van der Waals surface area contributed by atoms with Crippen molar-refractivity contribution in [2.75, 3.05) is 13.1 Å². The van der Waals surface area contributed by atoms with Gasteiger partial charge in [0.25, 0.3) is 0 Å². The average Bonchev–Trinajstić information content (AvgIpc) is 2.39. The molecule has 1 aliphatic rings. The molecule has 156 valence electrons. The van der Waals surface area contributed by atoms with Crippen LogP contribution in [0.3, 0.4) is 0 Å². The van der Waals surface area contributed by atoms with Crippen LogP contribution in [0.2, 0.25) is 0 Å². The zero-order valence-electron chi connectivity index (χ0n) is 14.4. The molecule has 1 rings (SSSR count). The zero-order chi connectivity index (χ0) is 20.3. The summed E-state index contributed by atoms with van der Waals surface area (Å²) in [6.45, 7) is 14.8. The number of likely N-dealkylation sites (tertiary alicyclic amines) is 1. The van der Waals surface area contributed by atoms with E-state index in [9.17, 15) is 25.2 Å². The number of carbonyl (C=O) groups excluding carboxylic acids is 1. The summed E-state index contributed by atoms with van der Waals surface area (Å²) >= 11 is 4.51. The Morgan fingerprint density at radius 3 is 1.29 bits per heavy atom. The summed E-state index contributed by atoms with van der Waals surface area (Å²) < 4.78 is 59.2. The quantitative estimate of drug-likeness (QED) is 0.149. The molecule has 0 aliphatic carbocycles. The summed E-state index contributed by atoms with van der Waals surface area (Å²) in [5.41, 5.74) is 0. The molecule has 0 radical (unpaired) electrons. The van der Waals surface area contributed by atoms with Gasteiger partial charge in [0.05, 0.1) is 0 Å². The Morgan fingerprint density at radius 2 is 1.17 bits per heavy atom. The number of hydrogen-bond acceptors (Lipinski definition) is 2. The minimum absolute atomic E-state index is 0.750. The molecule has 1 heterocycles. The molecule has 10 heteroatoms. The van der Waals surface area contributed by atoms with E-state index in [0.29, 0.717) is 0 Å². The van der Waals surface area contributed by atoms with Gasteiger partial charge in [0.15, 0.2) is 0 Å². The van der Waals surface area contributed by atoms with Gasteiger partial charge in [-0.3, -0.25) is 0 Å². The van der Waals surface area contributed by atoms with Gasteiger partial charge < -0.3 is 18.6 Å². The SMILES string of the molecule is CC=O.F[P-](F)(F)(F)(F)F.[CH2-]CC.[CH2-]CC.[Ni]=[CH]N1CCCCC1. The van der Waals surface area contributed by atoms with Gasteiger partial charge in [-0.1, -0.05) is 13.8 Å². The first-order valence-corrected chi connectivity index (χ1v) is 9.91. The molecule has 2 nitrogen and oxygen atoms in total. The van der Waals surface area contributed by atoms with Crippen LogP contribution >= 0.6 is 7.81 Å². The van der Waals surface area contributed by atoms with E-state index in [4.69, 9.17) is 4.79 Å². The molecule has 0 bridgehead atoms. The predicted octanol–water partition coefficient (Wildman–Crippen LogP) is 6.83. The molecule has 0 aromatic carbocycles. The molecule has 0 N–H and O–H groups in total. The van der Waals surface area contributed by atoms with E-state index < -0.39 is 7.81 Å². The number of rotatable bonds is 1. The minimum atomic E-state index is -10.7. The van der Waals surface area contributed by atoms with Crippen LogP contribution in [0.1, 0.15) is 52.9 Å². The fourth-order valence-corrected chi connectivity index (χ4v) is 1.26. The van der Waals surface area contributed by atoms with Crippen molar-refractivity contribution in [3.8, 4) is 0 Å². The molecule has 1 fully saturated rings. The van der Waals surface area contributed by atoms with Crippen molar-refractivity contribution in [3.63, 3.8) is 0 Å². The van der Waals surface area contributed by atoms with Gasteiger partial charge in [0.1, 0.15) is 6.29 Å². The van der Waals surface area contributed by atoms with Crippen molar-refractivity contribution in [1.29, 1.82) is 0 Å². The van der Waals surface area contributed by atoms with Crippen LogP contribution in [-0.2, 0) is 19.8 Å². The first-order chi connectivity index (χ1) is 10.6. The van der Waals surface area contributed by atoms with E-state index >= 15 is 0 Å². The number of piperidine rings is 1. The third kappa shape index (κ3) is 97.0. The number of aldehydes is 1. The summed E-state index contributed by atoms with van der Waals surface area (Å²) in [5, 5.41) is 1.82. The zero-order valence-corrected chi connectivity index (χ0v) is 16.3. The van der Waals surface area contributed by atoms with Gasteiger partial charge in [-0.2, -0.15) is 12.8 Å². The van der Waals surface area contributed by atoms with Gasteiger partial charge in [-0.15, -0.1) is 0 Å². The van der Waals surface area contributed by atoms with E-state index in [2.05, 4.69) is 33.8 Å². The molecule has 0 unspecified atom stereocenters. The van der Waals surface area contributed by atoms with Crippen molar-refractivity contribution in [2.24, 2.45) is 0 Å². The first-order valence-electron chi connectivity index (χ1n) is 7.31. The second kappa shape index (κ2) is 15.3. The Labute approximate surface area is 149 Å². The van der Waals surface area contributed by atoms with Crippen molar-refractivity contribution in [2.45, 2.75) is 52.9 Å². The van der Waals surface area contributed by atoms with Crippen LogP contribution in [0, 0.1) is 13.8 Å². The number of carbonyl (C=O) groups is 1. The van der Waals surface area contributed by atoms with Crippen LogP contribution in [0.5, 0.6) is 0 Å². The Balaban J connectivity index is -0.000000114. The molecule has 1 aliphatic heterocycles. The molecule has 0 saturated carbocycles. The normalized spacial score (nSPS) is 16.5. The Morgan fingerprint density at radius 1 is 0.958 bits per heavy atom. The topological polar surface area (TPSA) is 20.3 Å². The summed E-state index contributed by atoms with van der Waals surface area (Å²) in [6, 6.07) is 0. The molecule has 1 saturated heterocycles. The first kappa shape index (κ1) is 31.7. The van der Waals surface area contributed by atoms with Crippen LogP contribution in [0.4, 0.5) is 25.2 Å². The molecular weight excluding hydrogens is 402 g/mol. The fraction of sp³-hybridized carbons (Fsp3) is 0.714. The maximum atomic E-state index is 9.87. The van der Waals surface area contributed by atoms with Crippen molar-refractivity contribution >= 4 is 19.2 Å². The summed E-state index contributed by atoms with van der Waals surface area (Å²) in [6.07, 6.45) is 6.81. The van der Waals surface area contributed by atoms with Gasteiger partial charge in [0, 0.05) is 0 Å². The number of halogens is 6. The Kier molecular flexibility index (Phi) is 20.2. The third-order valence-corrected chi connectivity index (χ3v) is 1.87. The molecule has 0 spiro atoms. The molecule has 0 atom stereocenters. The summed E-state index contributed by atoms with van der Waals surface area (Å²) in [5.74, 6) is 0. The number of hydrogen-bond donors (Lipinski definition) is 0. The van der Waals surface area contributed by atoms with E-state index in [-0.39, 0.29) is 0 Å². The molecule has 24 heavy (non-hydrogen) atoms. The summed E-state index contributed by atoms with van der Waals surface area (Å²) in [7, 11) is -10.7. The van der Waals surface area contributed by atoms with E-state index in [1.807, 2.05) is 19.0 Å². The molecule has 0 aromatic rings. The predicted molar refractivity (Wildman–Crippen MR) is 88.1 cm³/mol. The van der Waals surface area contributed by atoms with Crippen molar-refractivity contribution in [3.05, 3.63) is 13.8 Å². The van der Waals surface area contributed by atoms with Crippen LogP contribution in [-0.4, -0.2) is 29.4 Å². The van der Waals surface area contributed by atoms with Crippen LogP contribution in [0.25, 0.3) is 0 Å². The van der Waals surface area contributed by atoms with Crippen molar-refractivity contribution in [1.82, 2.24) is 4.90 Å². The van der Waals surface area contributed by atoms with E-state index in [1.165, 1.54) is 39.3 Å².